The van der Waals surface area contributed by atoms with Gasteiger partial charge in [0.15, 0.2) is 15.7 Å². The van der Waals surface area contributed by atoms with Crippen molar-refractivity contribution in [2.75, 3.05) is 17.3 Å². The first-order valence-electron chi connectivity index (χ1n) is 4.87. The molecule has 0 aliphatic heterocycles. The van der Waals surface area contributed by atoms with Crippen molar-refractivity contribution < 1.29 is 21.6 Å². The van der Waals surface area contributed by atoms with Crippen molar-refractivity contribution in [2.24, 2.45) is 0 Å². The van der Waals surface area contributed by atoms with Crippen molar-refractivity contribution in [3.63, 3.8) is 0 Å². The summed E-state index contributed by atoms with van der Waals surface area (Å²) in [5.41, 5.74) is 3.34. The number of nitrogen functional groups attached to an aromatic ring is 1. The van der Waals surface area contributed by atoms with Crippen LogP contribution >= 0.6 is 11.5 Å². The molecule has 0 aromatic carbocycles. The Balaban J connectivity index is 2.38. The monoisotopic (exact) mass is 301 g/mol. The summed E-state index contributed by atoms with van der Waals surface area (Å²) in [5.74, 6) is -0.275. The minimum absolute atomic E-state index is 0.0858. The Morgan fingerprint density at radius 2 is 2.00 bits per heavy atom. The molecule has 0 atom stereocenters. The molecule has 1 fully saturated rings. The number of hydrogen-bond acceptors (Lipinski definition) is 6. The van der Waals surface area contributed by atoms with Gasteiger partial charge in [-0.2, -0.15) is 17.5 Å². The quantitative estimate of drug-likeness (QED) is 0.886. The molecular weight excluding hydrogens is 291 g/mol. The minimum Gasteiger partial charge on any atom is -0.382 e. The molecule has 0 amide bonds. The fourth-order valence-electron chi connectivity index (χ4n) is 1.55. The molecule has 102 valence electrons. The van der Waals surface area contributed by atoms with Crippen LogP contribution in [0.4, 0.5) is 24.0 Å². The molecule has 18 heavy (non-hydrogen) atoms. The summed E-state index contributed by atoms with van der Waals surface area (Å²) in [5, 5.41) is 2.09. The first kappa shape index (κ1) is 13.4. The summed E-state index contributed by atoms with van der Waals surface area (Å²) in [6.07, 6.45) is -3.72. The minimum atomic E-state index is -4.43. The van der Waals surface area contributed by atoms with Gasteiger partial charge >= 0.3 is 6.18 Å². The Hall–Kier alpha value is -1.03. The molecule has 10 heteroatoms. The Labute approximate surface area is 105 Å². The predicted octanol–water partition coefficient (Wildman–Crippen LogP) is 1.64. The largest absolute Gasteiger partial charge is 0.411 e. The zero-order valence-corrected chi connectivity index (χ0v) is 10.8. The van der Waals surface area contributed by atoms with Crippen molar-refractivity contribution in [2.45, 2.75) is 29.5 Å². The third-order valence-electron chi connectivity index (χ3n) is 2.69. The summed E-state index contributed by atoms with van der Waals surface area (Å²) >= 11 is 0.621. The zero-order chi connectivity index (χ0) is 13.8. The smallest absolute Gasteiger partial charge is 0.382 e. The van der Waals surface area contributed by atoms with Crippen LogP contribution < -0.4 is 11.1 Å². The standard InChI is InChI=1S/C8H10F3N3O2S2/c1-18(15,16)4-5(12)14-17-6(4)13-7(2-3-7)8(9,10)11/h13H,2-3H2,1H3,(H2,12,14). The van der Waals surface area contributed by atoms with Crippen LogP contribution in [0.25, 0.3) is 0 Å². The molecule has 1 aromatic heterocycles. The van der Waals surface area contributed by atoms with Crippen molar-refractivity contribution in [1.29, 1.82) is 0 Å². The fourth-order valence-corrected chi connectivity index (χ4v) is 3.70. The number of nitrogens with zero attached hydrogens (tertiary/aromatic N) is 1. The van der Waals surface area contributed by atoms with E-state index < -0.39 is 21.6 Å². The molecule has 0 radical (unpaired) electrons. The van der Waals surface area contributed by atoms with Crippen molar-refractivity contribution in [1.82, 2.24) is 4.37 Å². The molecule has 1 heterocycles. The summed E-state index contributed by atoms with van der Waals surface area (Å²) in [6.45, 7) is 0. The van der Waals surface area contributed by atoms with Gasteiger partial charge in [-0.1, -0.05) is 0 Å². The van der Waals surface area contributed by atoms with Crippen LogP contribution in [-0.4, -0.2) is 30.8 Å². The summed E-state index contributed by atoms with van der Waals surface area (Å²) < 4.78 is 64.8. The van der Waals surface area contributed by atoms with Gasteiger partial charge in [-0.3, -0.25) is 0 Å². The van der Waals surface area contributed by atoms with Gasteiger partial charge in [-0.05, 0) is 24.4 Å². The Bertz CT molecular complexity index is 575. The van der Waals surface area contributed by atoms with Crippen molar-refractivity contribution >= 4 is 32.2 Å². The molecule has 0 saturated heterocycles. The summed E-state index contributed by atoms with van der Waals surface area (Å²) in [6, 6.07) is 0. The van der Waals surface area contributed by atoms with E-state index in [-0.39, 0.29) is 28.6 Å². The van der Waals surface area contributed by atoms with E-state index in [1.807, 2.05) is 0 Å². The van der Waals surface area contributed by atoms with E-state index in [2.05, 4.69) is 9.69 Å². The number of aromatic nitrogens is 1. The lowest BCUT2D eigenvalue weighted by molar-refractivity contribution is -0.151. The van der Waals surface area contributed by atoms with Gasteiger partial charge in [0.25, 0.3) is 0 Å². The van der Waals surface area contributed by atoms with Crippen LogP contribution in [0.15, 0.2) is 4.90 Å². The lowest BCUT2D eigenvalue weighted by atomic mass is 10.2. The maximum absolute atomic E-state index is 12.8. The molecule has 1 saturated carbocycles. The topological polar surface area (TPSA) is 85.1 Å². The average Bonchev–Trinajstić information content (AvgIpc) is 2.83. The van der Waals surface area contributed by atoms with Gasteiger partial charge < -0.3 is 11.1 Å². The maximum atomic E-state index is 12.8. The molecule has 0 unspecified atom stereocenters. The number of hydrogen-bond donors (Lipinski definition) is 2. The normalized spacial score (nSPS) is 18.7. The molecule has 1 aliphatic rings. The number of rotatable bonds is 3. The number of nitrogens with two attached hydrogens (primary N) is 1. The lowest BCUT2D eigenvalue weighted by Crippen LogP contribution is -2.38. The highest BCUT2D eigenvalue weighted by Gasteiger charge is 2.64. The predicted molar refractivity (Wildman–Crippen MR) is 61.3 cm³/mol. The second-order valence-electron chi connectivity index (χ2n) is 4.20. The highest BCUT2D eigenvalue weighted by Crippen LogP contribution is 2.52. The molecule has 0 spiro atoms. The highest BCUT2D eigenvalue weighted by atomic mass is 32.2. The van der Waals surface area contributed by atoms with Gasteiger partial charge in [0.1, 0.15) is 15.4 Å². The summed E-state index contributed by atoms with van der Waals surface area (Å²) in [7, 11) is -3.72. The van der Waals surface area contributed by atoms with E-state index in [1.165, 1.54) is 0 Å². The van der Waals surface area contributed by atoms with Crippen LogP contribution in [0.1, 0.15) is 12.8 Å². The van der Waals surface area contributed by atoms with Crippen LogP contribution in [0.2, 0.25) is 0 Å². The van der Waals surface area contributed by atoms with Gasteiger partial charge in [-0.25, -0.2) is 8.42 Å². The van der Waals surface area contributed by atoms with Crippen LogP contribution in [-0.2, 0) is 9.84 Å². The second kappa shape index (κ2) is 3.73. The van der Waals surface area contributed by atoms with Crippen LogP contribution in [0.5, 0.6) is 0 Å². The van der Waals surface area contributed by atoms with Crippen LogP contribution in [0.3, 0.4) is 0 Å². The first-order valence-corrected chi connectivity index (χ1v) is 7.53. The molecular formula is C8H10F3N3O2S2. The van der Waals surface area contributed by atoms with Gasteiger partial charge in [0, 0.05) is 6.26 Å². The molecule has 1 aliphatic carbocycles. The first-order chi connectivity index (χ1) is 8.07. The van der Waals surface area contributed by atoms with E-state index in [0.29, 0.717) is 11.5 Å². The SMILES string of the molecule is CS(=O)(=O)c1c(N)nsc1NC1(C(F)(F)F)CC1. The number of alkyl halides is 3. The Kier molecular flexibility index (Phi) is 2.78. The van der Waals surface area contributed by atoms with Gasteiger partial charge in [0.2, 0.25) is 0 Å². The van der Waals surface area contributed by atoms with Crippen molar-refractivity contribution in [3.05, 3.63) is 0 Å². The van der Waals surface area contributed by atoms with E-state index >= 15 is 0 Å². The van der Waals surface area contributed by atoms with Crippen LogP contribution in [0, 0.1) is 0 Å². The van der Waals surface area contributed by atoms with Crippen molar-refractivity contribution in [3.8, 4) is 0 Å². The Morgan fingerprint density at radius 1 is 1.44 bits per heavy atom. The number of anilines is 2. The number of halogens is 3. The van der Waals surface area contributed by atoms with E-state index in [0.717, 1.165) is 6.26 Å². The number of sulfone groups is 1. The molecule has 5 nitrogen and oxygen atoms in total. The van der Waals surface area contributed by atoms with Gasteiger partial charge in [-0.15, -0.1) is 0 Å². The highest BCUT2D eigenvalue weighted by molar-refractivity contribution is 7.91. The maximum Gasteiger partial charge on any atom is 0.411 e. The van der Waals surface area contributed by atoms with E-state index in [9.17, 15) is 21.6 Å². The van der Waals surface area contributed by atoms with E-state index in [1.54, 1.807) is 0 Å². The molecule has 1 aromatic rings. The third-order valence-corrected chi connectivity index (χ3v) is 4.75. The molecule has 0 bridgehead atoms. The van der Waals surface area contributed by atoms with E-state index in [4.69, 9.17) is 5.73 Å². The zero-order valence-electron chi connectivity index (χ0n) is 9.21. The third kappa shape index (κ3) is 2.14. The fraction of sp³-hybridized carbons (Fsp3) is 0.625. The lowest BCUT2D eigenvalue weighted by Gasteiger charge is -2.21. The second-order valence-corrected chi connectivity index (χ2v) is 6.93. The molecule has 3 N–H and O–H groups in total. The number of nitrogens with one attached hydrogen (secondary N) is 1. The molecule has 2 rings (SSSR count). The Morgan fingerprint density at radius 3 is 2.39 bits per heavy atom. The summed E-state index contributed by atoms with van der Waals surface area (Å²) in [4.78, 5) is -0.358. The average molecular weight is 301 g/mol. The van der Waals surface area contributed by atoms with Gasteiger partial charge in [0.05, 0.1) is 0 Å².